The number of aromatic nitrogens is 4. The maximum absolute atomic E-state index is 13.8. The molecule has 7 heteroatoms. The molecule has 102 valence electrons. The van der Waals surface area contributed by atoms with Gasteiger partial charge in [0.05, 0.1) is 17.6 Å². The van der Waals surface area contributed by atoms with E-state index in [1.807, 2.05) is 6.92 Å². The largest absolute Gasteiger partial charge is 0.363 e. The van der Waals surface area contributed by atoms with Gasteiger partial charge in [0.2, 0.25) is 5.28 Å². The fraction of sp³-hybridized carbons (Fsp3) is 0.154. The van der Waals surface area contributed by atoms with E-state index in [9.17, 15) is 4.39 Å². The van der Waals surface area contributed by atoms with Crippen LogP contribution in [0.5, 0.6) is 0 Å². The molecule has 0 spiro atoms. The smallest absolute Gasteiger partial charge is 0.226 e. The monoisotopic (exact) mass is 291 g/mol. The van der Waals surface area contributed by atoms with Crippen LogP contribution in [-0.4, -0.2) is 20.2 Å². The minimum atomic E-state index is -0.268. The first-order chi connectivity index (χ1) is 9.65. The Kier molecular flexibility index (Phi) is 3.23. The molecule has 0 saturated heterocycles. The van der Waals surface area contributed by atoms with Crippen LogP contribution >= 0.6 is 11.6 Å². The summed E-state index contributed by atoms with van der Waals surface area (Å²) in [6, 6.07) is 6.33. The summed E-state index contributed by atoms with van der Waals surface area (Å²) in [6.45, 7) is 1.85. The van der Waals surface area contributed by atoms with Gasteiger partial charge < -0.3 is 5.32 Å². The van der Waals surface area contributed by atoms with Crippen molar-refractivity contribution in [1.82, 2.24) is 20.2 Å². The highest BCUT2D eigenvalue weighted by Gasteiger charge is 2.14. The molecule has 2 aromatic heterocycles. The van der Waals surface area contributed by atoms with E-state index >= 15 is 0 Å². The Morgan fingerprint density at radius 3 is 2.90 bits per heavy atom. The number of benzene rings is 1. The molecule has 0 fully saturated rings. The SMILES string of the molecule is CC(Nc1nc(Cl)nc2[nH]ncc12)c1ccccc1F. The van der Waals surface area contributed by atoms with Crippen LogP contribution in [0.25, 0.3) is 11.0 Å². The number of aromatic amines is 1. The van der Waals surface area contributed by atoms with E-state index in [1.54, 1.807) is 24.4 Å². The molecule has 0 saturated carbocycles. The molecule has 0 aliphatic carbocycles. The minimum Gasteiger partial charge on any atom is -0.363 e. The average molecular weight is 292 g/mol. The molecule has 1 aromatic carbocycles. The number of hydrogen-bond acceptors (Lipinski definition) is 4. The molecule has 0 radical (unpaired) electrons. The average Bonchev–Trinajstić information content (AvgIpc) is 2.87. The normalized spacial score (nSPS) is 12.6. The highest BCUT2D eigenvalue weighted by atomic mass is 35.5. The topological polar surface area (TPSA) is 66.5 Å². The first-order valence-electron chi connectivity index (χ1n) is 6.02. The second-order valence-corrected chi connectivity index (χ2v) is 4.70. The zero-order valence-corrected chi connectivity index (χ0v) is 11.3. The Labute approximate surface area is 119 Å². The summed E-state index contributed by atoms with van der Waals surface area (Å²) >= 11 is 5.86. The van der Waals surface area contributed by atoms with Crippen molar-refractivity contribution in [3.63, 3.8) is 0 Å². The van der Waals surface area contributed by atoms with Crippen molar-refractivity contribution in [2.24, 2.45) is 0 Å². The molecule has 0 bridgehead atoms. The van der Waals surface area contributed by atoms with Gasteiger partial charge in [-0.2, -0.15) is 15.1 Å². The van der Waals surface area contributed by atoms with Crippen molar-refractivity contribution in [3.05, 3.63) is 47.1 Å². The molecule has 3 rings (SSSR count). The first-order valence-corrected chi connectivity index (χ1v) is 6.40. The van der Waals surface area contributed by atoms with Crippen LogP contribution < -0.4 is 5.32 Å². The van der Waals surface area contributed by atoms with E-state index in [4.69, 9.17) is 11.6 Å². The van der Waals surface area contributed by atoms with Gasteiger partial charge in [0.15, 0.2) is 5.65 Å². The lowest BCUT2D eigenvalue weighted by Crippen LogP contribution is -2.10. The number of halogens is 2. The van der Waals surface area contributed by atoms with Crippen molar-refractivity contribution in [2.45, 2.75) is 13.0 Å². The van der Waals surface area contributed by atoms with Gasteiger partial charge in [-0.3, -0.25) is 5.10 Å². The molecule has 0 amide bonds. The molecule has 2 N–H and O–H groups in total. The Balaban J connectivity index is 1.97. The van der Waals surface area contributed by atoms with Crippen molar-refractivity contribution < 1.29 is 4.39 Å². The lowest BCUT2D eigenvalue weighted by atomic mass is 10.1. The summed E-state index contributed by atoms with van der Waals surface area (Å²) in [5.74, 6) is 0.251. The molecule has 3 aromatic rings. The third-order valence-corrected chi connectivity index (χ3v) is 3.18. The van der Waals surface area contributed by atoms with Gasteiger partial charge in [-0.25, -0.2) is 4.39 Å². The quantitative estimate of drug-likeness (QED) is 0.727. The van der Waals surface area contributed by atoms with Gasteiger partial charge in [0.1, 0.15) is 11.6 Å². The molecule has 1 atom stereocenters. The van der Waals surface area contributed by atoms with Crippen LogP contribution in [0, 0.1) is 5.82 Å². The second-order valence-electron chi connectivity index (χ2n) is 4.36. The highest BCUT2D eigenvalue weighted by molar-refractivity contribution is 6.28. The lowest BCUT2D eigenvalue weighted by molar-refractivity contribution is 0.600. The van der Waals surface area contributed by atoms with Gasteiger partial charge in [0, 0.05) is 5.56 Å². The fourth-order valence-corrected chi connectivity index (χ4v) is 2.20. The van der Waals surface area contributed by atoms with E-state index in [0.717, 1.165) is 0 Å². The molecular weight excluding hydrogens is 281 g/mol. The van der Waals surface area contributed by atoms with E-state index in [-0.39, 0.29) is 17.1 Å². The summed E-state index contributed by atoms with van der Waals surface area (Å²) in [7, 11) is 0. The number of nitrogens with one attached hydrogen (secondary N) is 2. The molecule has 2 heterocycles. The fourth-order valence-electron chi connectivity index (χ4n) is 2.03. The van der Waals surface area contributed by atoms with Gasteiger partial charge in [-0.15, -0.1) is 0 Å². The number of nitrogens with zero attached hydrogens (tertiary/aromatic N) is 3. The van der Waals surface area contributed by atoms with Crippen LogP contribution in [0.15, 0.2) is 30.5 Å². The molecule has 5 nitrogen and oxygen atoms in total. The second kappa shape index (κ2) is 5.05. The minimum absolute atomic E-state index is 0.102. The lowest BCUT2D eigenvalue weighted by Gasteiger charge is -2.16. The van der Waals surface area contributed by atoms with Gasteiger partial charge in [-0.1, -0.05) is 18.2 Å². The van der Waals surface area contributed by atoms with E-state index in [1.165, 1.54) is 6.07 Å². The highest BCUT2D eigenvalue weighted by Crippen LogP contribution is 2.25. The first kappa shape index (κ1) is 12.8. The number of rotatable bonds is 3. The van der Waals surface area contributed by atoms with Crippen molar-refractivity contribution in [3.8, 4) is 0 Å². The Bertz CT molecular complexity index is 757. The number of H-pyrrole nitrogens is 1. The molecular formula is C13H11ClFN5. The van der Waals surface area contributed by atoms with E-state index < -0.39 is 0 Å². The predicted molar refractivity (Wildman–Crippen MR) is 75.1 cm³/mol. The van der Waals surface area contributed by atoms with Crippen LogP contribution in [-0.2, 0) is 0 Å². The summed E-state index contributed by atoms with van der Waals surface area (Å²) in [6.07, 6.45) is 1.60. The number of fused-ring (bicyclic) bond motifs is 1. The standard InChI is InChI=1S/C13H11ClFN5/c1-7(8-4-2-3-5-10(8)15)17-11-9-6-16-20-12(9)19-13(14)18-11/h2-7H,1H3,(H2,16,17,18,19,20). The zero-order chi connectivity index (χ0) is 14.1. The van der Waals surface area contributed by atoms with E-state index in [2.05, 4.69) is 25.5 Å². The summed E-state index contributed by atoms with van der Waals surface area (Å²) in [5.41, 5.74) is 1.09. The Morgan fingerprint density at radius 2 is 2.10 bits per heavy atom. The van der Waals surface area contributed by atoms with Crippen molar-refractivity contribution >= 4 is 28.5 Å². The molecule has 0 aliphatic heterocycles. The van der Waals surface area contributed by atoms with Crippen LogP contribution in [0.1, 0.15) is 18.5 Å². The predicted octanol–water partition coefficient (Wildman–Crippen LogP) is 3.32. The van der Waals surface area contributed by atoms with Gasteiger partial charge >= 0.3 is 0 Å². The van der Waals surface area contributed by atoms with Gasteiger partial charge in [0.25, 0.3) is 0 Å². The third kappa shape index (κ3) is 2.30. The maximum Gasteiger partial charge on any atom is 0.226 e. The van der Waals surface area contributed by atoms with Crippen molar-refractivity contribution in [2.75, 3.05) is 5.32 Å². The van der Waals surface area contributed by atoms with Gasteiger partial charge in [-0.05, 0) is 24.6 Å². The molecule has 0 aliphatic rings. The number of hydrogen-bond donors (Lipinski definition) is 2. The van der Waals surface area contributed by atoms with Crippen LogP contribution in [0.4, 0.5) is 10.2 Å². The van der Waals surface area contributed by atoms with E-state index in [0.29, 0.717) is 22.4 Å². The maximum atomic E-state index is 13.8. The summed E-state index contributed by atoms with van der Waals surface area (Å²) < 4.78 is 13.8. The van der Waals surface area contributed by atoms with Crippen molar-refractivity contribution in [1.29, 1.82) is 0 Å². The van der Waals surface area contributed by atoms with Crippen LogP contribution in [0.3, 0.4) is 0 Å². The summed E-state index contributed by atoms with van der Waals surface area (Å²) in [5, 5.41) is 10.6. The summed E-state index contributed by atoms with van der Waals surface area (Å²) in [4.78, 5) is 8.15. The number of anilines is 1. The third-order valence-electron chi connectivity index (χ3n) is 3.01. The Hall–Kier alpha value is -2.21. The molecule has 1 unspecified atom stereocenters. The zero-order valence-electron chi connectivity index (χ0n) is 10.6. The molecule has 20 heavy (non-hydrogen) atoms. The van der Waals surface area contributed by atoms with Crippen LogP contribution in [0.2, 0.25) is 5.28 Å². The Morgan fingerprint density at radius 1 is 1.30 bits per heavy atom.